The number of nitrogens with one attached hydrogen (secondary N) is 1. The lowest BCUT2D eigenvalue weighted by Gasteiger charge is -2.23. The number of hydrogen-bond acceptors (Lipinski definition) is 3. The molecular weight excluding hydrogens is 280 g/mol. The highest BCUT2D eigenvalue weighted by molar-refractivity contribution is 6.39. The summed E-state index contributed by atoms with van der Waals surface area (Å²) in [6.07, 6.45) is 0.744. The molecule has 0 aromatic heterocycles. The van der Waals surface area contributed by atoms with Crippen molar-refractivity contribution in [3.05, 3.63) is 29.8 Å². The van der Waals surface area contributed by atoms with Crippen LogP contribution in [0.1, 0.15) is 32.8 Å². The van der Waals surface area contributed by atoms with Gasteiger partial charge in [-0.2, -0.15) is 0 Å². The molecule has 0 saturated carbocycles. The fraction of sp³-hybridized carbons (Fsp3) is 0.529. The Morgan fingerprint density at radius 2 is 2.00 bits per heavy atom. The van der Waals surface area contributed by atoms with E-state index in [9.17, 15) is 9.59 Å². The summed E-state index contributed by atoms with van der Waals surface area (Å²) in [5.74, 6) is -1.06. The molecule has 1 atom stereocenters. The minimum atomic E-state index is -0.615. The maximum atomic E-state index is 12.2. The second kappa shape index (κ2) is 6.48. The Bertz CT molecular complexity index is 563. The Morgan fingerprint density at radius 3 is 2.59 bits per heavy atom. The number of aliphatic hydroxyl groups is 1. The van der Waals surface area contributed by atoms with Gasteiger partial charge in [0.1, 0.15) is 0 Å². The normalized spacial score (nSPS) is 18.4. The van der Waals surface area contributed by atoms with Crippen LogP contribution in [0, 0.1) is 5.92 Å². The number of likely N-dealkylation sites (tertiary alicyclic amines) is 1. The van der Waals surface area contributed by atoms with Crippen molar-refractivity contribution < 1.29 is 14.7 Å². The van der Waals surface area contributed by atoms with Crippen molar-refractivity contribution in [2.45, 2.75) is 32.6 Å². The maximum Gasteiger partial charge on any atom is 0.313 e. The monoisotopic (exact) mass is 304 g/mol. The van der Waals surface area contributed by atoms with E-state index in [4.69, 9.17) is 5.11 Å². The molecule has 0 aliphatic carbocycles. The van der Waals surface area contributed by atoms with Gasteiger partial charge in [0, 0.05) is 31.3 Å². The van der Waals surface area contributed by atoms with E-state index < -0.39 is 11.8 Å². The Labute approximate surface area is 131 Å². The van der Waals surface area contributed by atoms with Crippen LogP contribution in [0.5, 0.6) is 0 Å². The zero-order valence-electron chi connectivity index (χ0n) is 13.4. The number of hydrogen-bond donors (Lipinski definition) is 2. The average Bonchev–Trinajstić information content (AvgIpc) is 2.94. The molecule has 2 amide bonds. The van der Waals surface area contributed by atoms with Gasteiger partial charge in [0.15, 0.2) is 0 Å². The predicted octanol–water partition coefficient (Wildman–Crippen LogP) is 1.76. The molecule has 1 fully saturated rings. The minimum absolute atomic E-state index is 0.0538. The lowest BCUT2D eigenvalue weighted by Crippen LogP contribution is -2.38. The van der Waals surface area contributed by atoms with E-state index in [0.717, 1.165) is 12.0 Å². The second-order valence-corrected chi connectivity index (χ2v) is 6.84. The van der Waals surface area contributed by atoms with Gasteiger partial charge in [0.05, 0.1) is 0 Å². The van der Waals surface area contributed by atoms with Crippen LogP contribution >= 0.6 is 0 Å². The molecule has 22 heavy (non-hydrogen) atoms. The molecule has 1 unspecified atom stereocenters. The number of carbonyl (C=O) groups is 2. The number of aliphatic hydroxyl groups excluding tert-OH is 1. The molecule has 5 nitrogen and oxygen atoms in total. The molecule has 1 aromatic carbocycles. The standard InChI is InChI=1S/C17H24N2O3/c1-17(2,3)13-6-4-5-7-14(13)18-15(21)16(22)19-9-8-12(10-19)11-20/h4-7,12,20H,8-11H2,1-3H3,(H,18,21). The van der Waals surface area contributed by atoms with E-state index in [0.29, 0.717) is 18.8 Å². The summed E-state index contributed by atoms with van der Waals surface area (Å²) in [5.41, 5.74) is 1.54. The third kappa shape index (κ3) is 3.65. The van der Waals surface area contributed by atoms with Crippen LogP contribution in [0.4, 0.5) is 5.69 Å². The van der Waals surface area contributed by atoms with Crippen molar-refractivity contribution in [3.63, 3.8) is 0 Å². The van der Waals surface area contributed by atoms with Crippen molar-refractivity contribution in [1.29, 1.82) is 0 Å². The van der Waals surface area contributed by atoms with Gasteiger partial charge in [-0.25, -0.2) is 0 Å². The van der Waals surface area contributed by atoms with E-state index in [-0.39, 0.29) is 17.9 Å². The van der Waals surface area contributed by atoms with Crippen molar-refractivity contribution in [2.75, 3.05) is 25.0 Å². The van der Waals surface area contributed by atoms with E-state index in [1.165, 1.54) is 4.90 Å². The number of carbonyl (C=O) groups excluding carboxylic acids is 2. The van der Waals surface area contributed by atoms with Gasteiger partial charge in [-0.05, 0) is 23.5 Å². The molecule has 1 saturated heterocycles. The van der Waals surface area contributed by atoms with Gasteiger partial charge in [-0.3, -0.25) is 9.59 Å². The van der Waals surface area contributed by atoms with Gasteiger partial charge in [0.2, 0.25) is 0 Å². The Balaban J connectivity index is 2.08. The molecule has 120 valence electrons. The highest BCUT2D eigenvalue weighted by atomic mass is 16.3. The largest absolute Gasteiger partial charge is 0.396 e. The first-order valence-electron chi connectivity index (χ1n) is 7.63. The lowest BCUT2D eigenvalue weighted by atomic mass is 9.86. The zero-order valence-corrected chi connectivity index (χ0v) is 13.4. The Morgan fingerprint density at radius 1 is 1.32 bits per heavy atom. The van der Waals surface area contributed by atoms with Crippen LogP contribution in [0.3, 0.4) is 0 Å². The first kappa shape index (κ1) is 16.5. The van der Waals surface area contributed by atoms with Crippen molar-refractivity contribution in [3.8, 4) is 0 Å². The Hall–Kier alpha value is -1.88. The molecule has 2 rings (SSSR count). The predicted molar refractivity (Wildman–Crippen MR) is 85.5 cm³/mol. The summed E-state index contributed by atoms with van der Waals surface area (Å²) in [6, 6.07) is 7.53. The first-order valence-corrected chi connectivity index (χ1v) is 7.63. The van der Waals surface area contributed by atoms with E-state index >= 15 is 0 Å². The summed E-state index contributed by atoms with van der Waals surface area (Å²) in [6.45, 7) is 7.21. The van der Waals surface area contributed by atoms with Crippen LogP contribution in [0.2, 0.25) is 0 Å². The third-order valence-corrected chi connectivity index (χ3v) is 4.01. The zero-order chi connectivity index (χ0) is 16.3. The summed E-state index contributed by atoms with van der Waals surface area (Å²) < 4.78 is 0. The van der Waals surface area contributed by atoms with E-state index in [2.05, 4.69) is 26.1 Å². The summed E-state index contributed by atoms with van der Waals surface area (Å²) >= 11 is 0. The summed E-state index contributed by atoms with van der Waals surface area (Å²) in [5, 5.41) is 11.9. The molecule has 1 aliphatic heterocycles. The highest BCUT2D eigenvalue weighted by Gasteiger charge is 2.30. The first-order chi connectivity index (χ1) is 10.3. The summed E-state index contributed by atoms with van der Waals surface area (Å²) in [4.78, 5) is 25.9. The number of para-hydroxylation sites is 1. The van der Waals surface area contributed by atoms with Gasteiger partial charge < -0.3 is 15.3 Å². The van der Waals surface area contributed by atoms with E-state index in [1.54, 1.807) is 0 Å². The smallest absolute Gasteiger partial charge is 0.313 e. The van der Waals surface area contributed by atoms with Gasteiger partial charge in [-0.1, -0.05) is 39.0 Å². The highest BCUT2D eigenvalue weighted by Crippen LogP contribution is 2.29. The quantitative estimate of drug-likeness (QED) is 0.818. The third-order valence-electron chi connectivity index (χ3n) is 4.01. The number of rotatable bonds is 2. The number of anilines is 1. The average molecular weight is 304 g/mol. The van der Waals surface area contributed by atoms with Crippen molar-refractivity contribution >= 4 is 17.5 Å². The molecule has 0 bridgehead atoms. The molecule has 1 heterocycles. The fourth-order valence-corrected chi connectivity index (χ4v) is 2.73. The number of amides is 2. The molecule has 2 N–H and O–H groups in total. The van der Waals surface area contributed by atoms with Crippen LogP contribution in [0.15, 0.2) is 24.3 Å². The lowest BCUT2D eigenvalue weighted by molar-refractivity contribution is -0.142. The van der Waals surface area contributed by atoms with E-state index in [1.807, 2.05) is 24.3 Å². The van der Waals surface area contributed by atoms with Crippen molar-refractivity contribution in [2.24, 2.45) is 5.92 Å². The molecule has 0 spiro atoms. The molecule has 1 aliphatic rings. The van der Waals surface area contributed by atoms with Gasteiger partial charge >= 0.3 is 11.8 Å². The SMILES string of the molecule is CC(C)(C)c1ccccc1NC(=O)C(=O)N1CCC(CO)C1. The van der Waals surface area contributed by atoms with Crippen molar-refractivity contribution in [1.82, 2.24) is 4.90 Å². The van der Waals surface area contributed by atoms with Crippen LogP contribution in [0.25, 0.3) is 0 Å². The van der Waals surface area contributed by atoms with Gasteiger partial charge in [0.25, 0.3) is 0 Å². The number of nitrogens with zero attached hydrogens (tertiary/aromatic N) is 1. The van der Waals surface area contributed by atoms with Crippen LogP contribution < -0.4 is 5.32 Å². The number of benzene rings is 1. The molecule has 1 aromatic rings. The topological polar surface area (TPSA) is 69.6 Å². The van der Waals surface area contributed by atoms with Crippen LogP contribution in [-0.4, -0.2) is 41.5 Å². The minimum Gasteiger partial charge on any atom is -0.396 e. The fourth-order valence-electron chi connectivity index (χ4n) is 2.73. The molecule has 5 heteroatoms. The van der Waals surface area contributed by atoms with Crippen LogP contribution in [-0.2, 0) is 15.0 Å². The molecule has 0 radical (unpaired) electrons. The maximum absolute atomic E-state index is 12.2. The Kier molecular flexibility index (Phi) is 4.86. The van der Waals surface area contributed by atoms with Gasteiger partial charge in [-0.15, -0.1) is 0 Å². The summed E-state index contributed by atoms with van der Waals surface area (Å²) in [7, 11) is 0. The molecular formula is C17H24N2O3. The second-order valence-electron chi connectivity index (χ2n) is 6.84.